The van der Waals surface area contributed by atoms with E-state index in [1.165, 1.54) is 0 Å². The standard InChI is InChI=1S/C23H33F5O4/c1-13(2)17-7-4-14(3)8-19(17)29-11-31-22(23(26,27)28)21(24,25)20(30-12-32-22)18-10-15-5-6-16(18)9-15/h5-6,13-20H,4,7-12H2,1-3H3. The number of hydrogen-bond donors (Lipinski definition) is 0. The maximum absolute atomic E-state index is 15.5. The molecule has 0 amide bonds. The van der Waals surface area contributed by atoms with E-state index in [0.29, 0.717) is 25.2 Å². The van der Waals surface area contributed by atoms with Gasteiger partial charge in [-0.1, -0.05) is 39.3 Å². The van der Waals surface area contributed by atoms with Gasteiger partial charge >= 0.3 is 17.9 Å². The van der Waals surface area contributed by atoms with Crippen molar-refractivity contribution in [3.8, 4) is 0 Å². The van der Waals surface area contributed by atoms with Crippen molar-refractivity contribution in [2.45, 2.75) is 83.0 Å². The van der Waals surface area contributed by atoms with Crippen LogP contribution in [0.25, 0.3) is 0 Å². The van der Waals surface area contributed by atoms with E-state index < -0.39 is 43.5 Å². The van der Waals surface area contributed by atoms with Crippen LogP contribution in [-0.4, -0.2) is 43.7 Å². The lowest BCUT2D eigenvalue weighted by Gasteiger charge is -2.49. The molecule has 0 radical (unpaired) electrons. The van der Waals surface area contributed by atoms with Crippen molar-refractivity contribution in [3.63, 3.8) is 0 Å². The minimum absolute atomic E-state index is 0.109. The molecule has 9 heteroatoms. The van der Waals surface area contributed by atoms with Crippen LogP contribution in [0.4, 0.5) is 22.0 Å². The third kappa shape index (κ3) is 4.12. The fraction of sp³-hybridized carbons (Fsp3) is 0.913. The van der Waals surface area contributed by atoms with Gasteiger partial charge in [0.1, 0.15) is 6.10 Å². The molecule has 4 aliphatic rings. The van der Waals surface area contributed by atoms with Gasteiger partial charge in [0.05, 0.1) is 6.10 Å². The van der Waals surface area contributed by atoms with E-state index in [4.69, 9.17) is 14.2 Å². The molecule has 1 heterocycles. The molecule has 3 fully saturated rings. The molecule has 0 spiro atoms. The summed E-state index contributed by atoms with van der Waals surface area (Å²) in [6.07, 6.45) is -0.400. The second-order valence-corrected chi connectivity index (χ2v) is 10.3. The van der Waals surface area contributed by atoms with E-state index in [2.05, 4.69) is 11.7 Å². The zero-order chi connectivity index (χ0) is 23.3. The molecule has 1 saturated heterocycles. The fourth-order valence-electron chi connectivity index (χ4n) is 6.14. The molecule has 4 nitrogen and oxygen atoms in total. The Bertz CT molecular complexity index is 696. The minimum atomic E-state index is -5.47. The molecule has 0 aromatic rings. The molecular weight excluding hydrogens is 435 g/mol. The summed E-state index contributed by atoms with van der Waals surface area (Å²) in [6, 6.07) is 0. The molecule has 2 bridgehead atoms. The third-order valence-electron chi connectivity index (χ3n) is 7.90. The highest BCUT2D eigenvalue weighted by molar-refractivity contribution is 5.15. The highest BCUT2D eigenvalue weighted by Gasteiger charge is 2.78. The van der Waals surface area contributed by atoms with Crippen LogP contribution in [0.5, 0.6) is 0 Å². The van der Waals surface area contributed by atoms with Crippen molar-refractivity contribution in [3.05, 3.63) is 12.2 Å². The molecule has 1 aliphatic heterocycles. The molecular formula is C23H33F5O4. The van der Waals surface area contributed by atoms with Crippen LogP contribution in [0.15, 0.2) is 12.2 Å². The lowest BCUT2D eigenvalue weighted by Crippen LogP contribution is -2.71. The van der Waals surface area contributed by atoms with Crippen molar-refractivity contribution < 1.29 is 40.9 Å². The van der Waals surface area contributed by atoms with Crippen LogP contribution in [0.3, 0.4) is 0 Å². The lowest BCUT2D eigenvalue weighted by molar-refractivity contribution is -0.505. The predicted octanol–water partition coefficient (Wildman–Crippen LogP) is 5.92. The molecule has 184 valence electrons. The summed E-state index contributed by atoms with van der Waals surface area (Å²) >= 11 is 0. The Morgan fingerprint density at radius 1 is 1.09 bits per heavy atom. The first-order chi connectivity index (χ1) is 15.0. The first-order valence-electron chi connectivity index (χ1n) is 11.6. The van der Waals surface area contributed by atoms with Gasteiger partial charge in [0.15, 0.2) is 13.6 Å². The largest absolute Gasteiger partial charge is 0.450 e. The van der Waals surface area contributed by atoms with Crippen LogP contribution < -0.4 is 0 Å². The van der Waals surface area contributed by atoms with E-state index in [0.717, 1.165) is 12.8 Å². The quantitative estimate of drug-likeness (QED) is 0.276. The maximum Gasteiger partial charge on any atom is 0.450 e. The van der Waals surface area contributed by atoms with Crippen molar-refractivity contribution in [1.29, 1.82) is 0 Å². The van der Waals surface area contributed by atoms with Crippen molar-refractivity contribution in [1.82, 2.24) is 0 Å². The summed E-state index contributed by atoms with van der Waals surface area (Å²) < 4.78 is 93.6. The molecule has 3 aliphatic carbocycles. The van der Waals surface area contributed by atoms with E-state index in [1.807, 2.05) is 26.0 Å². The molecule has 32 heavy (non-hydrogen) atoms. The van der Waals surface area contributed by atoms with Gasteiger partial charge in [-0.15, -0.1) is 0 Å². The van der Waals surface area contributed by atoms with E-state index in [9.17, 15) is 13.2 Å². The summed E-state index contributed by atoms with van der Waals surface area (Å²) in [4.78, 5) is 0. The number of hydrogen-bond acceptors (Lipinski definition) is 4. The average Bonchev–Trinajstić information content (AvgIpc) is 3.31. The zero-order valence-electron chi connectivity index (χ0n) is 18.7. The van der Waals surface area contributed by atoms with Crippen LogP contribution in [-0.2, 0) is 18.9 Å². The third-order valence-corrected chi connectivity index (χ3v) is 7.90. The van der Waals surface area contributed by atoms with Crippen molar-refractivity contribution >= 4 is 0 Å². The van der Waals surface area contributed by atoms with Crippen LogP contribution >= 0.6 is 0 Å². The highest BCUT2D eigenvalue weighted by Crippen LogP contribution is 2.56. The van der Waals surface area contributed by atoms with Gasteiger partial charge in [-0.3, -0.25) is 0 Å². The highest BCUT2D eigenvalue weighted by atomic mass is 19.4. The molecule has 0 aromatic heterocycles. The second-order valence-electron chi connectivity index (χ2n) is 10.3. The van der Waals surface area contributed by atoms with Crippen molar-refractivity contribution in [2.75, 3.05) is 13.6 Å². The smallest absolute Gasteiger partial charge is 0.352 e. The number of fused-ring (bicyclic) bond motifs is 2. The normalized spacial score (nSPS) is 43.8. The van der Waals surface area contributed by atoms with E-state index in [1.54, 1.807) is 0 Å². The van der Waals surface area contributed by atoms with Crippen LogP contribution in [0.1, 0.15) is 52.9 Å². The van der Waals surface area contributed by atoms with Gasteiger partial charge in [0.2, 0.25) is 0 Å². The summed E-state index contributed by atoms with van der Waals surface area (Å²) in [7, 11) is 0. The topological polar surface area (TPSA) is 36.9 Å². The summed E-state index contributed by atoms with van der Waals surface area (Å²) in [5.74, 6) is -8.58. The summed E-state index contributed by atoms with van der Waals surface area (Å²) in [5, 5.41) is 0. The molecule has 4 rings (SSSR count). The van der Waals surface area contributed by atoms with Gasteiger partial charge in [0, 0.05) is 0 Å². The minimum Gasteiger partial charge on any atom is -0.352 e. The molecule has 0 aromatic carbocycles. The Labute approximate surface area is 185 Å². The Hall–Kier alpha value is -0.770. The van der Waals surface area contributed by atoms with E-state index in [-0.39, 0.29) is 29.8 Å². The van der Waals surface area contributed by atoms with Crippen LogP contribution in [0.2, 0.25) is 0 Å². The SMILES string of the molecule is CC1CCC(C(C)C)C(OCOC2(C(F)(F)F)OCOC(C3CC4C=CC3C4)C2(F)F)C1. The first-order valence-corrected chi connectivity index (χ1v) is 11.6. The Kier molecular flexibility index (Phi) is 6.68. The van der Waals surface area contributed by atoms with Crippen molar-refractivity contribution in [2.24, 2.45) is 35.5 Å². The number of halogens is 5. The second kappa shape index (κ2) is 8.78. The van der Waals surface area contributed by atoms with Crippen LogP contribution in [0, 0.1) is 35.5 Å². The number of rotatable bonds is 6. The molecule has 2 saturated carbocycles. The number of allylic oxidation sites excluding steroid dienone is 2. The Balaban J connectivity index is 1.51. The molecule has 8 unspecified atom stereocenters. The van der Waals surface area contributed by atoms with Gasteiger partial charge in [-0.2, -0.15) is 22.0 Å². The van der Waals surface area contributed by atoms with Gasteiger partial charge < -0.3 is 18.9 Å². The first kappa shape index (κ1) is 24.4. The molecule has 0 N–H and O–H groups in total. The Morgan fingerprint density at radius 2 is 1.84 bits per heavy atom. The number of ether oxygens (including phenoxy) is 4. The van der Waals surface area contributed by atoms with E-state index >= 15 is 8.78 Å². The molecule has 8 atom stereocenters. The monoisotopic (exact) mass is 468 g/mol. The predicted molar refractivity (Wildman–Crippen MR) is 106 cm³/mol. The Morgan fingerprint density at radius 3 is 2.44 bits per heavy atom. The summed E-state index contributed by atoms with van der Waals surface area (Å²) in [5.41, 5.74) is 0. The maximum atomic E-state index is 15.5. The summed E-state index contributed by atoms with van der Waals surface area (Å²) in [6.45, 7) is 4.28. The lowest BCUT2D eigenvalue weighted by atomic mass is 9.75. The van der Waals surface area contributed by atoms with Gasteiger partial charge in [-0.25, -0.2) is 0 Å². The van der Waals surface area contributed by atoms with Gasteiger partial charge in [-0.05, 0) is 61.2 Å². The van der Waals surface area contributed by atoms with Gasteiger partial charge in [0.25, 0.3) is 0 Å². The number of alkyl halides is 5. The average molecular weight is 469 g/mol. The zero-order valence-corrected chi connectivity index (χ0v) is 18.7. The fourth-order valence-corrected chi connectivity index (χ4v) is 6.14.